The lowest BCUT2D eigenvalue weighted by Gasteiger charge is -2.05. The molecule has 4 nitrogen and oxygen atoms in total. The number of furan rings is 1. The van der Waals surface area contributed by atoms with Crippen LogP contribution in [0.1, 0.15) is 25.2 Å². The predicted molar refractivity (Wildman–Crippen MR) is 79.7 cm³/mol. The van der Waals surface area contributed by atoms with Gasteiger partial charge in [-0.25, -0.2) is 0 Å². The van der Waals surface area contributed by atoms with Crippen molar-refractivity contribution < 1.29 is 13.9 Å². The van der Waals surface area contributed by atoms with Crippen LogP contribution in [0.2, 0.25) is 0 Å². The molecule has 0 fully saturated rings. The summed E-state index contributed by atoms with van der Waals surface area (Å²) in [5.41, 5.74) is 2.11. The fourth-order valence-electron chi connectivity index (χ4n) is 2.14. The highest BCUT2D eigenvalue weighted by molar-refractivity contribution is 5.82. The maximum Gasteiger partial charge on any atom is 0.135 e. The third-order valence-corrected chi connectivity index (χ3v) is 3.14. The molecule has 0 unspecified atom stereocenters. The van der Waals surface area contributed by atoms with Crippen LogP contribution in [-0.4, -0.2) is 26.4 Å². The van der Waals surface area contributed by atoms with E-state index in [1.54, 1.807) is 0 Å². The zero-order valence-corrected chi connectivity index (χ0v) is 12.3. The van der Waals surface area contributed by atoms with Gasteiger partial charge in [-0.05, 0) is 19.5 Å². The van der Waals surface area contributed by atoms with Gasteiger partial charge in [0.1, 0.15) is 18.0 Å². The maximum absolute atomic E-state index is 5.90. The van der Waals surface area contributed by atoms with E-state index in [0.717, 1.165) is 36.4 Å². The van der Waals surface area contributed by atoms with Gasteiger partial charge in [0.2, 0.25) is 0 Å². The first kappa shape index (κ1) is 15.0. The Balaban J connectivity index is 2.05. The molecule has 4 heteroatoms. The van der Waals surface area contributed by atoms with E-state index < -0.39 is 0 Å². The van der Waals surface area contributed by atoms with Crippen LogP contribution < -0.4 is 5.32 Å². The van der Waals surface area contributed by atoms with Gasteiger partial charge in [-0.3, -0.25) is 0 Å². The monoisotopic (exact) mass is 277 g/mol. The predicted octanol–water partition coefficient (Wildman–Crippen LogP) is 3.10. The number of para-hydroxylation sites is 1. The highest BCUT2D eigenvalue weighted by atomic mass is 16.5. The number of hydrogen-bond donors (Lipinski definition) is 1. The summed E-state index contributed by atoms with van der Waals surface area (Å²) >= 11 is 0. The third-order valence-electron chi connectivity index (χ3n) is 3.14. The first-order valence-corrected chi connectivity index (χ1v) is 7.22. The van der Waals surface area contributed by atoms with E-state index in [1.165, 1.54) is 5.56 Å². The number of hydrogen-bond acceptors (Lipinski definition) is 4. The maximum atomic E-state index is 5.90. The molecule has 20 heavy (non-hydrogen) atoms. The summed E-state index contributed by atoms with van der Waals surface area (Å²) in [7, 11) is 0. The second kappa shape index (κ2) is 8.04. The van der Waals surface area contributed by atoms with E-state index >= 15 is 0 Å². The van der Waals surface area contributed by atoms with Crippen molar-refractivity contribution in [3.05, 3.63) is 35.6 Å². The Bertz CT molecular complexity index is 521. The summed E-state index contributed by atoms with van der Waals surface area (Å²) in [6, 6.07) is 8.11. The third kappa shape index (κ3) is 3.82. The summed E-state index contributed by atoms with van der Waals surface area (Å²) in [6.07, 6.45) is 0. The van der Waals surface area contributed by atoms with Crippen LogP contribution >= 0.6 is 0 Å². The Morgan fingerprint density at radius 1 is 1.10 bits per heavy atom. The second-order valence-corrected chi connectivity index (χ2v) is 4.53. The van der Waals surface area contributed by atoms with Gasteiger partial charge >= 0.3 is 0 Å². The van der Waals surface area contributed by atoms with E-state index in [0.29, 0.717) is 19.8 Å². The minimum atomic E-state index is 0.489. The van der Waals surface area contributed by atoms with E-state index in [-0.39, 0.29) is 0 Å². The van der Waals surface area contributed by atoms with E-state index in [2.05, 4.69) is 18.3 Å². The number of nitrogens with one attached hydrogen (secondary N) is 1. The topological polar surface area (TPSA) is 43.6 Å². The molecule has 0 saturated heterocycles. The van der Waals surface area contributed by atoms with Gasteiger partial charge in [0.15, 0.2) is 0 Å². The first-order valence-electron chi connectivity index (χ1n) is 7.22. The van der Waals surface area contributed by atoms with Crippen molar-refractivity contribution in [3.63, 3.8) is 0 Å². The molecule has 0 radical (unpaired) electrons. The molecule has 0 bridgehead atoms. The van der Waals surface area contributed by atoms with Gasteiger partial charge in [0.05, 0.1) is 13.2 Å². The van der Waals surface area contributed by atoms with Crippen LogP contribution in [0.3, 0.4) is 0 Å². The molecule has 0 aliphatic rings. The van der Waals surface area contributed by atoms with Gasteiger partial charge in [0, 0.05) is 24.1 Å². The second-order valence-electron chi connectivity index (χ2n) is 4.53. The molecule has 0 atom stereocenters. The van der Waals surface area contributed by atoms with Crippen LogP contribution in [0.25, 0.3) is 11.0 Å². The molecule has 1 heterocycles. The lowest BCUT2D eigenvalue weighted by molar-refractivity contribution is 0.0391. The lowest BCUT2D eigenvalue weighted by Crippen LogP contribution is -2.13. The Morgan fingerprint density at radius 3 is 2.70 bits per heavy atom. The Morgan fingerprint density at radius 2 is 1.90 bits per heavy atom. The molecule has 0 spiro atoms. The van der Waals surface area contributed by atoms with Gasteiger partial charge in [-0.15, -0.1) is 0 Å². The fourth-order valence-corrected chi connectivity index (χ4v) is 2.14. The highest BCUT2D eigenvalue weighted by Gasteiger charge is 2.13. The SMILES string of the molecule is CCNCc1c(COCCOCC)oc2ccccc12. The number of fused-ring (bicyclic) bond motifs is 1. The molecule has 110 valence electrons. The number of benzene rings is 1. The molecule has 1 aromatic heterocycles. The molecule has 1 aromatic carbocycles. The molecule has 1 N–H and O–H groups in total. The van der Waals surface area contributed by atoms with E-state index in [4.69, 9.17) is 13.9 Å². The summed E-state index contributed by atoms with van der Waals surface area (Å²) in [5, 5.41) is 4.52. The highest BCUT2D eigenvalue weighted by Crippen LogP contribution is 2.26. The summed E-state index contributed by atoms with van der Waals surface area (Å²) in [5.74, 6) is 0.906. The van der Waals surface area contributed by atoms with Crippen LogP contribution in [0.5, 0.6) is 0 Å². The van der Waals surface area contributed by atoms with Crippen LogP contribution in [0.15, 0.2) is 28.7 Å². The lowest BCUT2D eigenvalue weighted by atomic mass is 10.1. The normalized spacial score (nSPS) is 11.3. The summed E-state index contributed by atoms with van der Waals surface area (Å²) in [6.45, 7) is 8.24. The van der Waals surface area contributed by atoms with Crippen molar-refractivity contribution in [2.75, 3.05) is 26.4 Å². The van der Waals surface area contributed by atoms with Gasteiger partial charge in [-0.2, -0.15) is 0 Å². The minimum Gasteiger partial charge on any atom is -0.458 e. The average molecular weight is 277 g/mol. The van der Waals surface area contributed by atoms with Crippen molar-refractivity contribution >= 4 is 11.0 Å². The zero-order valence-electron chi connectivity index (χ0n) is 12.3. The number of ether oxygens (including phenoxy) is 2. The van der Waals surface area contributed by atoms with Gasteiger partial charge in [-0.1, -0.05) is 25.1 Å². The van der Waals surface area contributed by atoms with Crippen LogP contribution in [0.4, 0.5) is 0 Å². The summed E-state index contributed by atoms with van der Waals surface area (Å²) < 4.78 is 16.8. The van der Waals surface area contributed by atoms with Crippen molar-refractivity contribution in [2.45, 2.75) is 27.0 Å². The molecule has 0 saturated carbocycles. The van der Waals surface area contributed by atoms with Crippen molar-refractivity contribution in [1.82, 2.24) is 5.32 Å². The summed E-state index contributed by atoms with van der Waals surface area (Å²) in [4.78, 5) is 0. The molecule has 2 rings (SSSR count). The van der Waals surface area contributed by atoms with E-state index in [9.17, 15) is 0 Å². The van der Waals surface area contributed by atoms with Crippen molar-refractivity contribution in [2.24, 2.45) is 0 Å². The fraction of sp³-hybridized carbons (Fsp3) is 0.500. The molecule has 0 amide bonds. The number of rotatable bonds is 9. The smallest absolute Gasteiger partial charge is 0.135 e. The molecule has 2 aromatic rings. The average Bonchev–Trinajstić information content (AvgIpc) is 2.82. The van der Waals surface area contributed by atoms with Gasteiger partial charge in [0.25, 0.3) is 0 Å². The largest absolute Gasteiger partial charge is 0.458 e. The zero-order chi connectivity index (χ0) is 14.2. The quantitative estimate of drug-likeness (QED) is 0.715. The minimum absolute atomic E-state index is 0.489. The van der Waals surface area contributed by atoms with Crippen molar-refractivity contribution in [1.29, 1.82) is 0 Å². The Hall–Kier alpha value is -1.36. The van der Waals surface area contributed by atoms with E-state index in [1.807, 2.05) is 25.1 Å². The molecular weight excluding hydrogens is 254 g/mol. The van der Waals surface area contributed by atoms with Gasteiger partial charge < -0.3 is 19.2 Å². The molecule has 0 aliphatic heterocycles. The van der Waals surface area contributed by atoms with Crippen LogP contribution in [0, 0.1) is 0 Å². The molecule has 0 aliphatic carbocycles. The Labute approximate surface area is 120 Å². The first-order chi connectivity index (χ1) is 9.86. The molecular formula is C16H23NO3. The van der Waals surface area contributed by atoms with Crippen LogP contribution in [-0.2, 0) is 22.6 Å². The Kier molecular flexibility index (Phi) is 6.05. The standard InChI is InChI=1S/C16H23NO3/c1-3-17-11-14-13-7-5-6-8-15(13)20-16(14)12-19-10-9-18-4-2/h5-8,17H,3-4,9-12H2,1-2H3. The van der Waals surface area contributed by atoms with Crippen molar-refractivity contribution in [3.8, 4) is 0 Å².